The lowest BCUT2D eigenvalue weighted by atomic mass is 10.2. The Morgan fingerprint density at radius 2 is 1.88 bits per heavy atom. The van der Waals surface area contributed by atoms with E-state index in [0.717, 1.165) is 17.1 Å². The number of carbonyl (C=O) groups excluding carboxylic acids is 1. The molecule has 0 atom stereocenters. The summed E-state index contributed by atoms with van der Waals surface area (Å²) < 4.78 is 63.8. The Labute approximate surface area is 148 Å². The Hall–Kier alpha value is -2.43. The topological polar surface area (TPSA) is 85.2 Å². The number of aromatic nitrogens is 3. The third-order valence-corrected chi connectivity index (χ3v) is 4.74. The monoisotopic (exact) mass is 390 g/mol. The van der Waals surface area contributed by atoms with E-state index < -0.39 is 27.3 Å². The predicted molar refractivity (Wildman–Crippen MR) is 88.4 cm³/mol. The second kappa shape index (κ2) is 6.71. The molecular weight excluding hydrogens is 373 g/mol. The molecule has 2 aromatic heterocycles. The molecule has 2 heterocycles. The van der Waals surface area contributed by atoms with Crippen LogP contribution in [0.4, 0.5) is 19.0 Å². The summed E-state index contributed by atoms with van der Waals surface area (Å²) in [6.45, 7) is 3.48. The van der Waals surface area contributed by atoms with Gasteiger partial charge < -0.3 is 4.90 Å². The second-order valence-electron chi connectivity index (χ2n) is 5.94. The van der Waals surface area contributed by atoms with Crippen molar-refractivity contribution in [3.8, 4) is 5.69 Å². The maximum absolute atomic E-state index is 13.3. The molecule has 142 valence electrons. The van der Waals surface area contributed by atoms with Crippen molar-refractivity contribution in [2.24, 2.45) is 0 Å². The summed E-state index contributed by atoms with van der Waals surface area (Å²) in [4.78, 5) is 16.6. The van der Waals surface area contributed by atoms with Gasteiger partial charge in [-0.25, -0.2) is 18.1 Å². The van der Waals surface area contributed by atoms with E-state index in [1.165, 1.54) is 24.1 Å². The molecule has 0 fully saturated rings. The highest BCUT2D eigenvalue weighted by atomic mass is 32.2. The molecule has 0 saturated carbocycles. The van der Waals surface area contributed by atoms with Crippen molar-refractivity contribution >= 4 is 21.9 Å². The normalized spacial score (nSPS) is 12.5. The van der Waals surface area contributed by atoms with Crippen LogP contribution in [-0.4, -0.2) is 48.8 Å². The predicted octanol–water partition coefficient (Wildman–Crippen LogP) is 2.35. The Balaban J connectivity index is 2.75. The molecule has 0 amide bonds. The summed E-state index contributed by atoms with van der Waals surface area (Å²) in [7, 11) is -2.03. The molecule has 2 aromatic rings. The zero-order valence-corrected chi connectivity index (χ0v) is 15.3. The van der Waals surface area contributed by atoms with E-state index in [1.54, 1.807) is 13.8 Å². The van der Waals surface area contributed by atoms with E-state index in [4.69, 9.17) is 0 Å². The van der Waals surface area contributed by atoms with Gasteiger partial charge >= 0.3 is 6.18 Å². The minimum atomic E-state index is -4.83. The van der Waals surface area contributed by atoms with Crippen LogP contribution in [0, 0.1) is 0 Å². The summed E-state index contributed by atoms with van der Waals surface area (Å²) in [5.74, 6) is -0.0590. The number of aldehydes is 1. The van der Waals surface area contributed by atoms with Crippen LogP contribution in [0.3, 0.4) is 0 Å². The fourth-order valence-corrected chi connectivity index (χ4v) is 2.78. The van der Waals surface area contributed by atoms with Gasteiger partial charge in [-0.05, 0) is 26.0 Å². The zero-order chi connectivity index (χ0) is 19.9. The lowest BCUT2D eigenvalue weighted by molar-refractivity contribution is -0.141. The van der Waals surface area contributed by atoms with Gasteiger partial charge in [0.15, 0.2) is 26.8 Å². The number of carbonyl (C=O) groups is 1. The average Bonchev–Trinajstić information content (AvgIpc) is 2.92. The molecule has 0 spiro atoms. The smallest absolute Gasteiger partial charge is 0.357 e. The third kappa shape index (κ3) is 3.71. The highest BCUT2D eigenvalue weighted by Gasteiger charge is 2.40. The summed E-state index contributed by atoms with van der Waals surface area (Å²) >= 11 is 0. The van der Waals surface area contributed by atoms with Crippen molar-refractivity contribution in [3.63, 3.8) is 0 Å². The molecule has 0 bridgehead atoms. The molecule has 2 rings (SSSR count). The van der Waals surface area contributed by atoms with E-state index in [2.05, 4.69) is 10.1 Å². The van der Waals surface area contributed by atoms with Crippen LogP contribution in [0.25, 0.3) is 5.69 Å². The fourth-order valence-electron chi connectivity index (χ4n) is 2.22. The molecule has 0 aliphatic carbocycles. The van der Waals surface area contributed by atoms with E-state index in [-0.39, 0.29) is 28.9 Å². The van der Waals surface area contributed by atoms with Crippen LogP contribution in [0.5, 0.6) is 0 Å². The lowest BCUT2D eigenvalue weighted by Gasteiger charge is -2.25. The molecular formula is C15H17F3N4O3S. The molecule has 0 radical (unpaired) electrons. The maximum Gasteiger partial charge on any atom is 0.435 e. The van der Waals surface area contributed by atoms with Gasteiger partial charge in [-0.1, -0.05) is 0 Å². The molecule has 7 nitrogen and oxygen atoms in total. The number of hydrogen-bond acceptors (Lipinski definition) is 6. The number of rotatable bonds is 5. The van der Waals surface area contributed by atoms with Crippen molar-refractivity contribution in [1.82, 2.24) is 14.8 Å². The average molecular weight is 390 g/mol. The van der Waals surface area contributed by atoms with Crippen molar-refractivity contribution < 1.29 is 26.4 Å². The standard InChI is InChI=1S/C15H17F3N4O3S/c1-9(2)21(3)14-11(8-23)13(15(16,17)18)20-22(14)10-5-6-12(19-7-10)26(4,24)25/h5-9H,1-4H3. The minimum Gasteiger partial charge on any atom is -0.357 e. The van der Waals surface area contributed by atoms with E-state index in [9.17, 15) is 26.4 Å². The number of alkyl halides is 3. The highest BCUT2D eigenvalue weighted by Crippen LogP contribution is 2.36. The molecule has 0 saturated heterocycles. The van der Waals surface area contributed by atoms with Gasteiger partial charge in [0.25, 0.3) is 0 Å². The number of sulfone groups is 1. The molecule has 0 aliphatic rings. The van der Waals surface area contributed by atoms with Gasteiger partial charge in [0.1, 0.15) is 5.82 Å². The van der Waals surface area contributed by atoms with Crippen molar-refractivity contribution in [1.29, 1.82) is 0 Å². The summed E-state index contributed by atoms with van der Waals surface area (Å²) in [5, 5.41) is 3.32. The molecule has 26 heavy (non-hydrogen) atoms. The molecule has 11 heteroatoms. The molecule has 0 aromatic carbocycles. The Bertz CT molecular complexity index is 919. The Morgan fingerprint density at radius 1 is 1.27 bits per heavy atom. The van der Waals surface area contributed by atoms with Gasteiger partial charge in [0.05, 0.1) is 17.4 Å². The summed E-state index contributed by atoms with van der Waals surface area (Å²) in [5.41, 5.74) is -1.82. The van der Waals surface area contributed by atoms with E-state index >= 15 is 0 Å². The SMILES string of the molecule is CC(C)N(C)c1c(C=O)c(C(F)(F)F)nn1-c1ccc(S(C)(=O)=O)nc1. The first kappa shape index (κ1) is 19.9. The quantitative estimate of drug-likeness (QED) is 0.729. The number of anilines is 1. The van der Waals surface area contributed by atoms with Gasteiger partial charge in [-0.3, -0.25) is 4.79 Å². The van der Waals surface area contributed by atoms with Gasteiger partial charge in [-0.15, -0.1) is 0 Å². The molecule has 0 unspecified atom stereocenters. The van der Waals surface area contributed by atoms with Gasteiger partial charge in [0, 0.05) is 19.3 Å². The first-order valence-electron chi connectivity index (χ1n) is 7.42. The Morgan fingerprint density at radius 3 is 2.27 bits per heavy atom. The zero-order valence-electron chi connectivity index (χ0n) is 14.4. The van der Waals surface area contributed by atoms with Gasteiger partial charge in [0.2, 0.25) is 0 Å². The van der Waals surface area contributed by atoms with Gasteiger partial charge in [-0.2, -0.15) is 18.3 Å². The van der Waals surface area contributed by atoms with Crippen LogP contribution < -0.4 is 4.90 Å². The number of halogens is 3. The first-order valence-corrected chi connectivity index (χ1v) is 9.31. The Kier molecular flexibility index (Phi) is 5.13. The largest absolute Gasteiger partial charge is 0.435 e. The van der Waals surface area contributed by atoms with Crippen LogP contribution in [0.15, 0.2) is 23.4 Å². The number of nitrogens with zero attached hydrogens (tertiary/aromatic N) is 4. The van der Waals surface area contributed by atoms with E-state index in [0.29, 0.717) is 0 Å². The molecule has 0 aliphatic heterocycles. The second-order valence-corrected chi connectivity index (χ2v) is 7.91. The number of pyridine rings is 1. The van der Waals surface area contributed by atoms with Crippen LogP contribution in [0.2, 0.25) is 0 Å². The van der Waals surface area contributed by atoms with Crippen LogP contribution in [0.1, 0.15) is 29.9 Å². The van der Waals surface area contributed by atoms with Crippen molar-refractivity contribution in [3.05, 3.63) is 29.6 Å². The van der Waals surface area contributed by atoms with Crippen LogP contribution >= 0.6 is 0 Å². The number of hydrogen-bond donors (Lipinski definition) is 0. The highest BCUT2D eigenvalue weighted by molar-refractivity contribution is 7.90. The van der Waals surface area contributed by atoms with E-state index in [1.807, 2.05) is 0 Å². The molecule has 0 N–H and O–H groups in total. The van der Waals surface area contributed by atoms with Crippen molar-refractivity contribution in [2.45, 2.75) is 31.1 Å². The van der Waals surface area contributed by atoms with Crippen molar-refractivity contribution in [2.75, 3.05) is 18.2 Å². The summed E-state index contributed by atoms with van der Waals surface area (Å²) in [6, 6.07) is 2.22. The lowest BCUT2D eigenvalue weighted by Crippen LogP contribution is -2.29. The minimum absolute atomic E-state index is 0.0590. The maximum atomic E-state index is 13.3. The fraction of sp³-hybridized carbons (Fsp3) is 0.400. The third-order valence-electron chi connectivity index (χ3n) is 3.74. The first-order chi connectivity index (χ1) is 11.9. The summed E-state index contributed by atoms with van der Waals surface area (Å²) in [6.07, 6.45) is -2.66. The van der Waals surface area contributed by atoms with Crippen LogP contribution in [-0.2, 0) is 16.0 Å².